The maximum Gasteiger partial charge on any atom is 0.303 e. The van der Waals surface area contributed by atoms with E-state index in [1.165, 1.54) is 0 Å². The van der Waals surface area contributed by atoms with Crippen LogP contribution in [0.15, 0.2) is 0 Å². The number of carbonyl (C=O) groups is 1. The van der Waals surface area contributed by atoms with Crippen molar-refractivity contribution in [3.05, 3.63) is 0 Å². The molecule has 3 atom stereocenters. The van der Waals surface area contributed by atoms with E-state index in [0.717, 1.165) is 13.8 Å². The van der Waals surface area contributed by atoms with Gasteiger partial charge < -0.3 is 4.74 Å². The molecule has 0 bridgehead atoms. The molecule has 2 nitrogen and oxygen atoms in total. The van der Waals surface area contributed by atoms with E-state index in [9.17, 15) is 13.6 Å². The summed E-state index contributed by atoms with van der Waals surface area (Å²) >= 11 is 9.80. The van der Waals surface area contributed by atoms with Gasteiger partial charge in [0.25, 0.3) is 5.13 Å². The van der Waals surface area contributed by atoms with Crippen LogP contribution < -0.4 is 0 Å². The summed E-state index contributed by atoms with van der Waals surface area (Å²) in [4.78, 5) is 10.3. The number of hydrogen-bond acceptors (Lipinski definition) is 2. The molecule has 12 heavy (non-hydrogen) atoms. The Labute approximate surface area is 78.8 Å². The van der Waals surface area contributed by atoms with Crippen LogP contribution in [0, 0.1) is 0 Å². The zero-order valence-electron chi connectivity index (χ0n) is 6.48. The zero-order valence-corrected chi connectivity index (χ0v) is 7.99. The van der Waals surface area contributed by atoms with Gasteiger partial charge >= 0.3 is 5.97 Å². The number of hydrogen-bond donors (Lipinski definition) is 0. The van der Waals surface area contributed by atoms with Crippen molar-refractivity contribution in [2.45, 2.75) is 30.7 Å². The van der Waals surface area contributed by atoms with E-state index in [-0.39, 0.29) is 0 Å². The lowest BCUT2D eigenvalue weighted by molar-refractivity contribution is -0.151. The van der Waals surface area contributed by atoms with E-state index in [2.05, 4.69) is 4.74 Å². The lowest BCUT2D eigenvalue weighted by atomic mass is 10.2. The first-order valence-corrected chi connectivity index (χ1v) is 3.93. The highest BCUT2D eigenvalue weighted by atomic mass is 35.5. The van der Waals surface area contributed by atoms with Gasteiger partial charge in [-0.3, -0.25) is 4.79 Å². The molecular formula is C6H8Cl2F2O2. The average molecular weight is 221 g/mol. The molecule has 0 fully saturated rings. The van der Waals surface area contributed by atoms with Crippen LogP contribution in [0.5, 0.6) is 0 Å². The second-order valence-corrected chi connectivity index (χ2v) is 3.19. The molecule has 0 aromatic carbocycles. The average Bonchev–Trinajstić information content (AvgIpc) is 1.85. The van der Waals surface area contributed by atoms with Crippen molar-refractivity contribution in [1.29, 1.82) is 0 Å². The predicted octanol–water partition coefficient (Wildman–Crippen LogP) is 2.38. The maximum absolute atomic E-state index is 12.9. The number of carbonyl (C=O) groups excluding carboxylic acids is 1. The van der Waals surface area contributed by atoms with Gasteiger partial charge in [-0.15, -0.1) is 0 Å². The highest BCUT2D eigenvalue weighted by Gasteiger charge is 2.44. The minimum Gasteiger partial charge on any atom is -0.458 e. The molecule has 0 amide bonds. The highest BCUT2D eigenvalue weighted by molar-refractivity contribution is 6.31. The lowest BCUT2D eigenvalue weighted by Crippen LogP contribution is -2.39. The topological polar surface area (TPSA) is 26.3 Å². The zero-order chi connectivity index (χ0) is 9.94. The van der Waals surface area contributed by atoms with Crippen LogP contribution in [0.2, 0.25) is 0 Å². The Morgan fingerprint density at radius 3 is 2.33 bits per heavy atom. The third-order valence-corrected chi connectivity index (χ3v) is 2.10. The van der Waals surface area contributed by atoms with E-state index in [0.29, 0.717) is 0 Å². The van der Waals surface area contributed by atoms with Crippen LogP contribution in [-0.4, -0.2) is 22.8 Å². The van der Waals surface area contributed by atoms with Gasteiger partial charge in [-0.05, 0) is 6.92 Å². The van der Waals surface area contributed by atoms with Gasteiger partial charge in [-0.2, -0.15) is 0 Å². The molecule has 72 valence electrons. The summed E-state index contributed by atoms with van der Waals surface area (Å²) in [5.41, 5.74) is -2.42. The maximum atomic E-state index is 12.9. The van der Waals surface area contributed by atoms with Gasteiger partial charge in [0.2, 0.25) is 5.63 Å². The third-order valence-electron chi connectivity index (χ3n) is 1.18. The number of alkyl halides is 4. The van der Waals surface area contributed by atoms with Gasteiger partial charge in [0.1, 0.15) is 0 Å². The van der Waals surface area contributed by atoms with Crippen molar-refractivity contribution in [2.75, 3.05) is 0 Å². The molecule has 0 saturated heterocycles. The quantitative estimate of drug-likeness (QED) is 0.540. The summed E-state index contributed by atoms with van der Waals surface area (Å²) in [5, 5.41) is -2.88. The molecule has 0 aliphatic rings. The normalized spacial score (nSPS) is 20.8. The fourth-order valence-electron chi connectivity index (χ4n) is 0.505. The van der Waals surface area contributed by atoms with Crippen molar-refractivity contribution in [1.82, 2.24) is 0 Å². The van der Waals surface area contributed by atoms with E-state index in [4.69, 9.17) is 23.2 Å². The molecule has 0 spiro atoms. The van der Waals surface area contributed by atoms with Crippen LogP contribution in [0.25, 0.3) is 0 Å². The number of halogens is 4. The standard InChI is InChI=1S/C6H8Cl2F2O2/c1-3(12-4(2)11)6(8,10)5(7)9/h3,5H,1-2H3. The first-order valence-electron chi connectivity index (χ1n) is 3.11. The molecule has 0 saturated carbocycles. The van der Waals surface area contributed by atoms with E-state index in [1.54, 1.807) is 0 Å². The van der Waals surface area contributed by atoms with Gasteiger partial charge in [0.15, 0.2) is 6.10 Å². The van der Waals surface area contributed by atoms with E-state index < -0.39 is 22.8 Å². The monoisotopic (exact) mass is 220 g/mol. The molecule has 0 aromatic heterocycles. The van der Waals surface area contributed by atoms with Crippen LogP contribution >= 0.6 is 23.2 Å². The fourth-order valence-corrected chi connectivity index (χ4v) is 0.727. The Bertz CT molecular complexity index is 173. The van der Waals surface area contributed by atoms with Crippen molar-refractivity contribution >= 4 is 29.2 Å². The van der Waals surface area contributed by atoms with E-state index >= 15 is 0 Å². The van der Waals surface area contributed by atoms with E-state index in [1.807, 2.05) is 0 Å². The van der Waals surface area contributed by atoms with Crippen LogP contribution in [0.3, 0.4) is 0 Å². The molecule has 0 aromatic rings. The summed E-state index contributed by atoms with van der Waals surface area (Å²) in [6, 6.07) is 0. The fraction of sp³-hybridized carbons (Fsp3) is 0.833. The first kappa shape index (κ1) is 11.9. The second-order valence-electron chi connectivity index (χ2n) is 2.23. The number of rotatable bonds is 3. The van der Waals surface area contributed by atoms with Gasteiger partial charge in [-0.1, -0.05) is 23.2 Å². The van der Waals surface area contributed by atoms with Crippen LogP contribution in [-0.2, 0) is 9.53 Å². The van der Waals surface area contributed by atoms with Crippen molar-refractivity contribution < 1.29 is 18.3 Å². The molecule has 3 unspecified atom stereocenters. The smallest absolute Gasteiger partial charge is 0.303 e. The largest absolute Gasteiger partial charge is 0.458 e. The minimum atomic E-state index is -2.88. The molecule has 0 radical (unpaired) electrons. The molecule has 0 heterocycles. The highest BCUT2D eigenvalue weighted by Crippen LogP contribution is 2.32. The SMILES string of the molecule is CC(=O)OC(C)C(F)(Cl)C(F)Cl. The Hall–Kier alpha value is -0.0900. The molecular weight excluding hydrogens is 213 g/mol. The Morgan fingerprint density at radius 2 is 2.08 bits per heavy atom. The van der Waals surface area contributed by atoms with Crippen LogP contribution in [0.1, 0.15) is 13.8 Å². The Balaban J connectivity index is 4.24. The molecule has 0 rings (SSSR count). The number of ether oxygens (including phenoxy) is 1. The summed E-state index contributed by atoms with van der Waals surface area (Å²) in [6.07, 6.45) is -1.43. The molecule has 0 N–H and O–H groups in total. The summed E-state index contributed by atoms with van der Waals surface area (Å²) < 4.78 is 29.5. The second kappa shape index (κ2) is 4.23. The molecule has 0 aliphatic carbocycles. The predicted molar refractivity (Wildman–Crippen MR) is 41.7 cm³/mol. The van der Waals surface area contributed by atoms with Crippen LogP contribution in [0.4, 0.5) is 8.78 Å². The Kier molecular flexibility index (Phi) is 4.20. The van der Waals surface area contributed by atoms with Crippen molar-refractivity contribution in [3.63, 3.8) is 0 Å². The number of esters is 1. The lowest BCUT2D eigenvalue weighted by Gasteiger charge is -2.24. The van der Waals surface area contributed by atoms with Gasteiger partial charge in [0.05, 0.1) is 0 Å². The molecule has 6 heteroatoms. The third kappa shape index (κ3) is 3.11. The summed E-state index contributed by atoms with van der Waals surface area (Å²) in [7, 11) is 0. The molecule has 0 aliphatic heterocycles. The summed E-state index contributed by atoms with van der Waals surface area (Å²) in [5.74, 6) is -0.748. The Morgan fingerprint density at radius 1 is 1.67 bits per heavy atom. The summed E-state index contributed by atoms with van der Waals surface area (Å²) in [6.45, 7) is 2.17. The van der Waals surface area contributed by atoms with Gasteiger partial charge in [-0.25, -0.2) is 8.78 Å². The minimum absolute atomic E-state index is 0.748. The first-order chi connectivity index (χ1) is 5.28. The van der Waals surface area contributed by atoms with Crippen molar-refractivity contribution in [3.8, 4) is 0 Å². The van der Waals surface area contributed by atoms with Crippen molar-refractivity contribution in [2.24, 2.45) is 0 Å². The van der Waals surface area contributed by atoms with Gasteiger partial charge in [0, 0.05) is 6.92 Å².